The molecule has 0 aliphatic carbocycles. The molecule has 2 heterocycles. The molecule has 0 radical (unpaired) electrons. The summed E-state index contributed by atoms with van der Waals surface area (Å²) < 4.78 is 5.86. The molecule has 1 aromatic heterocycles. The maximum absolute atomic E-state index is 9.23. The number of rotatable bonds is 4. The van der Waals surface area contributed by atoms with Gasteiger partial charge in [-0.05, 0) is 12.1 Å². The molecule has 0 atom stereocenters. The van der Waals surface area contributed by atoms with Gasteiger partial charge in [-0.1, -0.05) is 19.1 Å². The normalized spacial score (nSPS) is 12.9. The lowest BCUT2D eigenvalue weighted by Gasteiger charge is -2.22. The van der Waals surface area contributed by atoms with Crippen molar-refractivity contribution < 1.29 is 9.84 Å². The minimum atomic E-state index is 0.101. The van der Waals surface area contributed by atoms with Crippen molar-refractivity contribution in [1.82, 2.24) is 9.97 Å². The third kappa shape index (κ3) is 2.64. The molecule has 0 spiro atoms. The van der Waals surface area contributed by atoms with E-state index in [2.05, 4.69) is 11.9 Å². The Balaban J connectivity index is 2.20. The van der Waals surface area contributed by atoms with Crippen LogP contribution in [0.1, 0.15) is 18.3 Å². The van der Waals surface area contributed by atoms with Crippen LogP contribution in [-0.4, -0.2) is 41.9 Å². The number of aromatic nitrogens is 2. The predicted octanol–water partition coefficient (Wildman–Crippen LogP) is 2.07. The topological polar surface area (TPSA) is 58.5 Å². The maximum Gasteiger partial charge on any atom is 0.136 e. The first-order valence-electron chi connectivity index (χ1n) is 7.68. The molecule has 0 fully saturated rings. The smallest absolute Gasteiger partial charge is 0.136 e. The summed E-state index contributed by atoms with van der Waals surface area (Å²) in [4.78, 5) is 11.4. The number of ether oxygens (including phenoxy) is 1. The molecule has 0 bridgehead atoms. The van der Waals surface area contributed by atoms with Gasteiger partial charge in [-0.25, -0.2) is 9.97 Å². The third-order valence-corrected chi connectivity index (χ3v) is 3.90. The first-order valence-corrected chi connectivity index (χ1v) is 7.68. The molecule has 1 N–H and O–H groups in total. The van der Waals surface area contributed by atoms with Gasteiger partial charge in [0.1, 0.15) is 17.4 Å². The average molecular weight is 299 g/mol. The van der Waals surface area contributed by atoms with Crippen LogP contribution in [0.25, 0.3) is 11.3 Å². The van der Waals surface area contributed by atoms with Gasteiger partial charge in [0.05, 0.1) is 18.9 Å². The van der Waals surface area contributed by atoms with Crippen LogP contribution in [0.3, 0.4) is 0 Å². The molecule has 5 heteroatoms. The molecule has 0 saturated heterocycles. The molecule has 0 amide bonds. The van der Waals surface area contributed by atoms with Crippen LogP contribution in [0.5, 0.6) is 5.75 Å². The fourth-order valence-corrected chi connectivity index (χ4v) is 2.75. The number of hydrogen-bond acceptors (Lipinski definition) is 5. The molecule has 0 saturated carbocycles. The zero-order valence-electron chi connectivity index (χ0n) is 13.0. The van der Waals surface area contributed by atoms with E-state index < -0.39 is 0 Å². The molecule has 0 unspecified atom stereocenters. The Hall–Kier alpha value is -2.14. The van der Waals surface area contributed by atoms with Crippen molar-refractivity contribution in [1.29, 1.82) is 0 Å². The highest BCUT2D eigenvalue weighted by Crippen LogP contribution is 2.37. The van der Waals surface area contributed by atoms with E-state index in [4.69, 9.17) is 9.72 Å². The van der Waals surface area contributed by atoms with Gasteiger partial charge in [0.2, 0.25) is 0 Å². The molecule has 22 heavy (non-hydrogen) atoms. The summed E-state index contributed by atoms with van der Waals surface area (Å²) in [5.74, 6) is 2.59. The quantitative estimate of drug-likeness (QED) is 0.936. The second kappa shape index (κ2) is 6.32. The van der Waals surface area contributed by atoms with E-state index in [1.54, 1.807) is 0 Å². The number of nitrogens with zero attached hydrogens (tertiary/aromatic N) is 3. The fraction of sp³-hybridized carbons (Fsp3) is 0.412. The lowest BCUT2D eigenvalue weighted by atomic mass is 10.0. The second-order valence-electron chi connectivity index (χ2n) is 5.38. The summed E-state index contributed by atoms with van der Waals surface area (Å²) >= 11 is 0. The van der Waals surface area contributed by atoms with E-state index in [1.165, 1.54) is 0 Å². The molecule has 1 aliphatic heterocycles. The van der Waals surface area contributed by atoms with Gasteiger partial charge in [0.25, 0.3) is 0 Å². The Morgan fingerprint density at radius 3 is 2.86 bits per heavy atom. The molecule has 5 nitrogen and oxygen atoms in total. The summed E-state index contributed by atoms with van der Waals surface area (Å²) in [6.07, 6.45) is 1.54. The number of hydrogen-bond donors (Lipinski definition) is 1. The number of aliphatic hydroxyl groups excluding tert-OH is 1. The van der Waals surface area contributed by atoms with Gasteiger partial charge in [0, 0.05) is 37.6 Å². The number of aliphatic hydroxyl groups is 1. The predicted molar refractivity (Wildman–Crippen MR) is 86.4 cm³/mol. The minimum Gasteiger partial charge on any atom is -0.493 e. The van der Waals surface area contributed by atoms with Crippen molar-refractivity contribution in [3.8, 4) is 17.0 Å². The third-order valence-electron chi connectivity index (χ3n) is 3.90. The Morgan fingerprint density at radius 2 is 2.09 bits per heavy atom. The Labute approximate surface area is 130 Å². The van der Waals surface area contributed by atoms with E-state index in [1.807, 2.05) is 36.2 Å². The van der Waals surface area contributed by atoms with E-state index in [-0.39, 0.29) is 6.61 Å². The molecule has 2 aromatic rings. The SMILES string of the molecule is CCc1nc2c(c(N(C)CCO)n1)CCOc1ccccc1-2. The van der Waals surface area contributed by atoms with E-state index >= 15 is 0 Å². The molecule has 1 aromatic carbocycles. The van der Waals surface area contributed by atoms with E-state index in [0.29, 0.717) is 13.2 Å². The largest absolute Gasteiger partial charge is 0.493 e. The standard InChI is InChI=1S/C17H21N3O2/c1-3-15-18-16-12-6-4-5-7-14(12)22-11-8-13(16)17(19-15)20(2)9-10-21/h4-7,21H,3,8-11H2,1-2H3. The maximum atomic E-state index is 9.23. The summed E-state index contributed by atoms with van der Waals surface area (Å²) in [5.41, 5.74) is 3.07. The zero-order valence-corrected chi connectivity index (χ0v) is 13.0. The number of benzene rings is 1. The highest BCUT2D eigenvalue weighted by molar-refractivity contribution is 5.74. The molecular weight excluding hydrogens is 278 g/mol. The van der Waals surface area contributed by atoms with Crippen LogP contribution < -0.4 is 9.64 Å². The number of aryl methyl sites for hydroxylation is 1. The highest BCUT2D eigenvalue weighted by atomic mass is 16.5. The number of anilines is 1. The zero-order chi connectivity index (χ0) is 15.5. The Morgan fingerprint density at radius 1 is 1.27 bits per heavy atom. The van der Waals surface area contributed by atoms with Gasteiger partial charge in [-0.15, -0.1) is 0 Å². The van der Waals surface area contributed by atoms with Crippen molar-refractivity contribution in [2.24, 2.45) is 0 Å². The number of likely N-dealkylation sites (N-methyl/N-ethyl adjacent to an activating group) is 1. The Bertz CT molecular complexity index is 673. The van der Waals surface area contributed by atoms with Crippen LogP contribution >= 0.6 is 0 Å². The Kier molecular flexibility index (Phi) is 4.24. The summed E-state index contributed by atoms with van der Waals surface area (Å²) in [7, 11) is 1.95. The van der Waals surface area contributed by atoms with Crippen molar-refractivity contribution >= 4 is 5.82 Å². The fourth-order valence-electron chi connectivity index (χ4n) is 2.75. The van der Waals surface area contributed by atoms with Gasteiger partial charge >= 0.3 is 0 Å². The summed E-state index contributed by atoms with van der Waals surface area (Å²) in [6.45, 7) is 3.31. The van der Waals surface area contributed by atoms with Gasteiger partial charge in [-0.3, -0.25) is 0 Å². The lowest BCUT2D eigenvalue weighted by molar-refractivity contribution is 0.303. The molecule has 1 aliphatic rings. The van der Waals surface area contributed by atoms with Crippen molar-refractivity contribution in [2.75, 3.05) is 31.7 Å². The van der Waals surface area contributed by atoms with Gasteiger partial charge in [0.15, 0.2) is 0 Å². The summed E-state index contributed by atoms with van der Waals surface area (Å²) in [5, 5.41) is 9.23. The van der Waals surface area contributed by atoms with Gasteiger partial charge in [-0.2, -0.15) is 0 Å². The lowest BCUT2D eigenvalue weighted by Crippen LogP contribution is -2.25. The van der Waals surface area contributed by atoms with Crippen LogP contribution in [0.15, 0.2) is 24.3 Å². The monoisotopic (exact) mass is 299 g/mol. The van der Waals surface area contributed by atoms with Crippen molar-refractivity contribution in [2.45, 2.75) is 19.8 Å². The molecule has 3 rings (SSSR count). The van der Waals surface area contributed by atoms with E-state index in [0.717, 1.165) is 47.1 Å². The van der Waals surface area contributed by atoms with Crippen LogP contribution in [0.2, 0.25) is 0 Å². The van der Waals surface area contributed by atoms with Crippen molar-refractivity contribution in [3.05, 3.63) is 35.7 Å². The van der Waals surface area contributed by atoms with Crippen LogP contribution in [-0.2, 0) is 12.8 Å². The number of para-hydroxylation sites is 1. The first kappa shape index (κ1) is 14.8. The van der Waals surface area contributed by atoms with E-state index in [9.17, 15) is 5.11 Å². The molecular formula is C17H21N3O2. The molecule has 116 valence electrons. The van der Waals surface area contributed by atoms with Crippen LogP contribution in [0, 0.1) is 0 Å². The second-order valence-corrected chi connectivity index (χ2v) is 5.38. The summed E-state index contributed by atoms with van der Waals surface area (Å²) in [6, 6.07) is 8.00. The highest BCUT2D eigenvalue weighted by Gasteiger charge is 2.22. The van der Waals surface area contributed by atoms with Crippen molar-refractivity contribution in [3.63, 3.8) is 0 Å². The first-order chi connectivity index (χ1) is 10.7. The average Bonchev–Trinajstić information content (AvgIpc) is 2.73. The number of fused-ring (bicyclic) bond motifs is 3. The minimum absolute atomic E-state index is 0.101. The van der Waals surface area contributed by atoms with Gasteiger partial charge < -0.3 is 14.7 Å². The van der Waals surface area contributed by atoms with Crippen LogP contribution in [0.4, 0.5) is 5.82 Å².